The van der Waals surface area contributed by atoms with Gasteiger partial charge in [-0.2, -0.15) is 0 Å². The summed E-state index contributed by atoms with van der Waals surface area (Å²) in [6.07, 6.45) is -0.0673. The molecule has 0 aliphatic carbocycles. The van der Waals surface area contributed by atoms with Gasteiger partial charge in [0, 0.05) is 18.4 Å². The fourth-order valence-electron chi connectivity index (χ4n) is 2.21. The molecule has 2 aromatic rings. The summed E-state index contributed by atoms with van der Waals surface area (Å²) in [7, 11) is 1.67. The van der Waals surface area contributed by atoms with Gasteiger partial charge in [0.2, 0.25) is 0 Å². The zero-order valence-electron chi connectivity index (χ0n) is 14.5. The van der Waals surface area contributed by atoms with E-state index in [0.717, 1.165) is 17.0 Å². The van der Waals surface area contributed by atoms with E-state index in [2.05, 4.69) is 10.3 Å². The standard InChI is InChI=1S/C19H25N3O2/c1-14-8-10-17(11-9-14)24-15(2)12-21-19(20)22-18-7-5-4-6-16(18)13-23-3/h4-11,15H,12-13H2,1-3H3,(H3,20,21,22). The number of rotatable bonds is 7. The maximum absolute atomic E-state index is 5.97. The first-order chi connectivity index (χ1) is 11.6. The average molecular weight is 327 g/mol. The number of nitrogens with one attached hydrogen (secondary N) is 1. The van der Waals surface area contributed by atoms with Gasteiger partial charge < -0.3 is 20.5 Å². The Bertz CT molecular complexity index is 669. The van der Waals surface area contributed by atoms with E-state index in [4.69, 9.17) is 15.2 Å². The van der Waals surface area contributed by atoms with Crippen LogP contribution in [0.1, 0.15) is 18.1 Å². The molecule has 1 atom stereocenters. The Labute approximate surface area is 143 Å². The number of nitrogens with two attached hydrogens (primary N) is 1. The smallest absolute Gasteiger partial charge is 0.193 e. The highest BCUT2D eigenvalue weighted by molar-refractivity contribution is 5.92. The van der Waals surface area contributed by atoms with Gasteiger partial charge in [-0.15, -0.1) is 0 Å². The maximum Gasteiger partial charge on any atom is 0.193 e. The van der Waals surface area contributed by atoms with E-state index in [9.17, 15) is 0 Å². The zero-order valence-corrected chi connectivity index (χ0v) is 14.5. The van der Waals surface area contributed by atoms with Crippen LogP contribution in [-0.4, -0.2) is 25.7 Å². The second kappa shape index (κ2) is 8.93. The molecular weight excluding hydrogens is 302 g/mol. The van der Waals surface area contributed by atoms with E-state index < -0.39 is 0 Å². The molecule has 0 radical (unpaired) electrons. The molecule has 0 amide bonds. The van der Waals surface area contributed by atoms with Gasteiger partial charge in [-0.05, 0) is 32.0 Å². The highest BCUT2D eigenvalue weighted by Crippen LogP contribution is 2.16. The van der Waals surface area contributed by atoms with Crippen LogP contribution in [0.5, 0.6) is 5.75 Å². The number of aryl methyl sites for hydroxylation is 1. The number of anilines is 1. The average Bonchev–Trinajstić information content (AvgIpc) is 2.57. The molecule has 2 aromatic carbocycles. The Kier molecular flexibility index (Phi) is 6.63. The first-order valence-corrected chi connectivity index (χ1v) is 7.95. The van der Waals surface area contributed by atoms with Crippen molar-refractivity contribution in [2.75, 3.05) is 19.0 Å². The SMILES string of the molecule is COCc1ccccc1NC(N)=NCC(C)Oc1ccc(C)cc1. The third-order valence-corrected chi connectivity index (χ3v) is 3.46. The third-order valence-electron chi connectivity index (χ3n) is 3.46. The van der Waals surface area contributed by atoms with Crippen molar-refractivity contribution in [2.24, 2.45) is 10.7 Å². The van der Waals surface area contributed by atoms with Gasteiger partial charge in [-0.25, -0.2) is 4.99 Å². The van der Waals surface area contributed by atoms with E-state index in [1.807, 2.05) is 62.4 Å². The quantitative estimate of drug-likeness (QED) is 0.604. The van der Waals surface area contributed by atoms with Crippen molar-refractivity contribution < 1.29 is 9.47 Å². The van der Waals surface area contributed by atoms with Gasteiger partial charge in [-0.1, -0.05) is 35.9 Å². The summed E-state index contributed by atoms with van der Waals surface area (Å²) < 4.78 is 11.0. The molecule has 0 bridgehead atoms. The number of benzene rings is 2. The predicted molar refractivity (Wildman–Crippen MR) is 98.5 cm³/mol. The minimum Gasteiger partial charge on any atom is -0.489 e. The number of nitrogens with zero attached hydrogens (tertiary/aromatic N) is 1. The molecule has 0 aromatic heterocycles. The maximum atomic E-state index is 5.97. The van der Waals surface area contributed by atoms with Crippen LogP contribution in [0.4, 0.5) is 5.69 Å². The lowest BCUT2D eigenvalue weighted by Crippen LogP contribution is -2.26. The minimum absolute atomic E-state index is 0.0673. The van der Waals surface area contributed by atoms with Crippen LogP contribution in [-0.2, 0) is 11.3 Å². The summed E-state index contributed by atoms with van der Waals surface area (Å²) in [4.78, 5) is 4.35. The second-order valence-corrected chi connectivity index (χ2v) is 5.68. The Morgan fingerprint density at radius 2 is 1.88 bits per heavy atom. The number of ether oxygens (including phenoxy) is 2. The predicted octanol–water partition coefficient (Wildman–Crippen LogP) is 3.34. The van der Waals surface area contributed by atoms with Gasteiger partial charge in [-0.3, -0.25) is 0 Å². The topological polar surface area (TPSA) is 68.9 Å². The van der Waals surface area contributed by atoms with Crippen molar-refractivity contribution in [2.45, 2.75) is 26.6 Å². The van der Waals surface area contributed by atoms with Crippen LogP contribution >= 0.6 is 0 Å². The minimum atomic E-state index is -0.0673. The number of hydrogen-bond acceptors (Lipinski definition) is 3. The van der Waals surface area contributed by atoms with Crippen molar-refractivity contribution in [1.29, 1.82) is 0 Å². The lowest BCUT2D eigenvalue weighted by molar-refractivity contribution is 0.185. The number of hydrogen-bond donors (Lipinski definition) is 2. The van der Waals surface area contributed by atoms with Crippen molar-refractivity contribution in [3.05, 3.63) is 59.7 Å². The van der Waals surface area contributed by atoms with Crippen molar-refractivity contribution in [3.8, 4) is 5.75 Å². The van der Waals surface area contributed by atoms with Crippen LogP contribution < -0.4 is 15.8 Å². The summed E-state index contributed by atoms with van der Waals surface area (Å²) in [5.41, 5.74) is 9.11. The molecule has 3 N–H and O–H groups in total. The number of aliphatic imine (C=N–C) groups is 1. The Morgan fingerprint density at radius 3 is 2.58 bits per heavy atom. The molecule has 5 heteroatoms. The summed E-state index contributed by atoms with van der Waals surface area (Å²) in [6.45, 7) is 5.00. The molecule has 0 fully saturated rings. The molecule has 0 aliphatic heterocycles. The zero-order chi connectivity index (χ0) is 17.4. The number of guanidine groups is 1. The molecule has 128 valence electrons. The lowest BCUT2D eigenvalue weighted by atomic mass is 10.2. The van der Waals surface area contributed by atoms with E-state index >= 15 is 0 Å². The van der Waals surface area contributed by atoms with E-state index in [1.165, 1.54) is 5.56 Å². The third kappa shape index (κ3) is 5.59. The molecule has 0 saturated heterocycles. The van der Waals surface area contributed by atoms with Crippen molar-refractivity contribution >= 4 is 11.6 Å². The van der Waals surface area contributed by atoms with Gasteiger partial charge in [0.25, 0.3) is 0 Å². The molecule has 0 spiro atoms. The van der Waals surface area contributed by atoms with Crippen LogP contribution in [0.15, 0.2) is 53.5 Å². The first-order valence-electron chi connectivity index (χ1n) is 7.95. The Hall–Kier alpha value is -2.53. The van der Waals surface area contributed by atoms with E-state index in [1.54, 1.807) is 7.11 Å². The number of methoxy groups -OCH3 is 1. The lowest BCUT2D eigenvalue weighted by Gasteiger charge is -2.14. The monoisotopic (exact) mass is 327 g/mol. The largest absolute Gasteiger partial charge is 0.489 e. The normalized spacial score (nSPS) is 12.7. The van der Waals surface area contributed by atoms with Gasteiger partial charge in [0.15, 0.2) is 5.96 Å². The van der Waals surface area contributed by atoms with Crippen LogP contribution in [0.2, 0.25) is 0 Å². The highest BCUT2D eigenvalue weighted by Gasteiger charge is 2.05. The fourth-order valence-corrected chi connectivity index (χ4v) is 2.21. The van der Waals surface area contributed by atoms with Gasteiger partial charge in [0.1, 0.15) is 11.9 Å². The van der Waals surface area contributed by atoms with Crippen molar-refractivity contribution in [1.82, 2.24) is 0 Å². The Morgan fingerprint density at radius 1 is 1.17 bits per heavy atom. The van der Waals surface area contributed by atoms with Gasteiger partial charge in [0.05, 0.1) is 13.2 Å². The fraction of sp³-hybridized carbons (Fsp3) is 0.316. The van der Waals surface area contributed by atoms with Crippen LogP contribution in [0.3, 0.4) is 0 Å². The van der Waals surface area contributed by atoms with E-state index in [-0.39, 0.29) is 6.10 Å². The summed E-state index contributed by atoms with van der Waals surface area (Å²) in [6, 6.07) is 15.8. The van der Waals surface area contributed by atoms with Crippen molar-refractivity contribution in [3.63, 3.8) is 0 Å². The molecular formula is C19H25N3O2. The van der Waals surface area contributed by atoms with Gasteiger partial charge >= 0.3 is 0 Å². The number of para-hydroxylation sites is 1. The molecule has 2 rings (SSSR count). The molecule has 5 nitrogen and oxygen atoms in total. The van der Waals surface area contributed by atoms with Crippen LogP contribution in [0, 0.1) is 6.92 Å². The highest BCUT2D eigenvalue weighted by atomic mass is 16.5. The van der Waals surface area contributed by atoms with E-state index in [0.29, 0.717) is 19.1 Å². The second-order valence-electron chi connectivity index (χ2n) is 5.68. The summed E-state index contributed by atoms with van der Waals surface area (Å²) in [5.74, 6) is 1.19. The summed E-state index contributed by atoms with van der Waals surface area (Å²) >= 11 is 0. The molecule has 1 unspecified atom stereocenters. The first kappa shape index (κ1) is 17.8. The molecule has 0 aliphatic rings. The molecule has 0 saturated carbocycles. The molecule has 24 heavy (non-hydrogen) atoms. The Balaban J connectivity index is 1.90. The molecule has 0 heterocycles. The summed E-state index contributed by atoms with van der Waals surface area (Å²) in [5, 5.41) is 3.11. The van der Waals surface area contributed by atoms with Crippen LogP contribution in [0.25, 0.3) is 0 Å².